The number of hydrogen-bond donors (Lipinski definition) is 1. The summed E-state index contributed by atoms with van der Waals surface area (Å²) in [5.41, 5.74) is -0.131. The van der Waals surface area contributed by atoms with Gasteiger partial charge in [0.05, 0.1) is 5.69 Å². The number of aromatic nitrogens is 4. The number of imidazole rings is 1. The molecular formula is C19H18F2N6O. The second kappa shape index (κ2) is 7.71. The highest BCUT2D eigenvalue weighted by molar-refractivity contribution is 5.92. The van der Waals surface area contributed by atoms with E-state index in [-0.39, 0.29) is 17.5 Å². The number of halogens is 2. The van der Waals surface area contributed by atoms with Crippen LogP contribution in [0.25, 0.3) is 5.82 Å². The first-order valence-electron chi connectivity index (χ1n) is 8.91. The zero-order chi connectivity index (χ0) is 19.5. The highest BCUT2D eigenvalue weighted by Crippen LogP contribution is 2.24. The molecule has 3 aromatic rings. The van der Waals surface area contributed by atoms with Gasteiger partial charge in [0.1, 0.15) is 35.9 Å². The molecule has 1 amide bonds. The van der Waals surface area contributed by atoms with Crippen molar-refractivity contribution in [3.63, 3.8) is 0 Å². The van der Waals surface area contributed by atoms with Crippen LogP contribution in [0.3, 0.4) is 0 Å². The third-order valence-electron chi connectivity index (χ3n) is 4.78. The topological polar surface area (TPSA) is 75.9 Å². The molecule has 0 unspecified atom stereocenters. The number of amides is 1. The van der Waals surface area contributed by atoms with E-state index in [1.807, 2.05) is 6.07 Å². The maximum atomic E-state index is 13.7. The van der Waals surface area contributed by atoms with E-state index in [0.29, 0.717) is 31.7 Å². The number of nitrogens with zero attached hydrogens (tertiary/aromatic N) is 5. The zero-order valence-corrected chi connectivity index (χ0v) is 14.9. The van der Waals surface area contributed by atoms with Crippen LogP contribution in [-0.4, -0.2) is 38.5 Å². The van der Waals surface area contributed by atoms with Crippen molar-refractivity contribution in [1.82, 2.24) is 19.5 Å². The molecule has 4 rings (SSSR count). The van der Waals surface area contributed by atoms with Gasteiger partial charge in [0.2, 0.25) is 5.91 Å². The average Bonchev–Trinajstić information content (AvgIpc) is 3.26. The van der Waals surface area contributed by atoms with Gasteiger partial charge in [0, 0.05) is 43.5 Å². The van der Waals surface area contributed by atoms with Crippen LogP contribution in [0.5, 0.6) is 0 Å². The van der Waals surface area contributed by atoms with Crippen LogP contribution in [0, 0.1) is 17.6 Å². The fourth-order valence-corrected chi connectivity index (χ4v) is 3.24. The van der Waals surface area contributed by atoms with Gasteiger partial charge in [-0.3, -0.25) is 9.36 Å². The largest absolute Gasteiger partial charge is 0.356 e. The highest BCUT2D eigenvalue weighted by atomic mass is 19.1. The van der Waals surface area contributed by atoms with Crippen molar-refractivity contribution < 1.29 is 13.6 Å². The average molecular weight is 384 g/mol. The Morgan fingerprint density at radius 2 is 1.89 bits per heavy atom. The molecule has 1 N–H and O–H groups in total. The summed E-state index contributed by atoms with van der Waals surface area (Å²) < 4.78 is 28.8. The van der Waals surface area contributed by atoms with Crippen molar-refractivity contribution in [3.8, 4) is 5.82 Å². The molecule has 1 aliphatic heterocycles. The van der Waals surface area contributed by atoms with E-state index in [1.54, 1.807) is 23.3 Å². The number of carbonyl (C=O) groups excluding carboxylic acids is 1. The van der Waals surface area contributed by atoms with Gasteiger partial charge in [-0.1, -0.05) is 0 Å². The molecule has 2 aromatic heterocycles. The Balaban J connectivity index is 1.39. The Morgan fingerprint density at radius 1 is 1.11 bits per heavy atom. The van der Waals surface area contributed by atoms with Gasteiger partial charge in [-0.2, -0.15) is 0 Å². The molecule has 28 heavy (non-hydrogen) atoms. The van der Waals surface area contributed by atoms with E-state index in [0.717, 1.165) is 24.0 Å². The minimum absolute atomic E-state index is 0.131. The molecule has 144 valence electrons. The van der Waals surface area contributed by atoms with Crippen LogP contribution in [0.2, 0.25) is 0 Å². The van der Waals surface area contributed by atoms with Crippen molar-refractivity contribution in [2.75, 3.05) is 23.3 Å². The summed E-state index contributed by atoms with van der Waals surface area (Å²) in [6.45, 7) is 1.26. The van der Waals surface area contributed by atoms with Crippen LogP contribution in [-0.2, 0) is 4.79 Å². The van der Waals surface area contributed by atoms with E-state index in [4.69, 9.17) is 0 Å². The Kier molecular flexibility index (Phi) is 4.96. The molecule has 1 aromatic carbocycles. The van der Waals surface area contributed by atoms with Gasteiger partial charge in [-0.25, -0.2) is 23.7 Å². The number of hydrogen-bond acceptors (Lipinski definition) is 5. The number of anilines is 2. The molecule has 1 saturated heterocycles. The summed E-state index contributed by atoms with van der Waals surface area (Å²) in [5.74, 6) is -0.332. The number of benzene rings is 1. The first-order chi connectivity index (χ1) is 13.6. The highest BCUT2D eigenvalue weighted by Gasteiger charge is 2.26. The number of piperidine rings is 1. The number of nitrogens with one attached hydrogen (secondary N) is 1. The smallest absolute Gasteiger partial charge is 0.227 e. The monoisotopic (exact) mass is 384 g/mol. The lowest BCUT2D eigenvalue weighted by Crippen LogP contribution is -2.38. The lowest BCUT2D eigenvalue weighted by molar-refractivity contribution is -0.120. The van der Waals surface area contributed by atoms with Gasteiger partial charge in [-0.15, -0.1) is 0 Å². The molecule has 7 nitrogen and oxygen atoms in total. The van der Waals surface area contributed by atoms with Gasteiger partial charge in [-0.05, 0) is 25.0 Å². The molecule has 1 fully saturated rings. The quantitative estimate of drug-likeness (QED) is 0.749. The lowest BCUT2D eigenvalue weighted by Gasteiger charge is -2.32. The summed E-state index contributed by atoms with van der Waals surface area (Å²) in [5, 5.41) is 2.49. The fraction of sp³-hybridized carbons (Fsp3) is 0.263. The molecule has 9 heteroatoms. The van der Waals surface area contributed by atoms with Crippen LogP contribution in [0.15, 0.2) is 49.3 Å². The molecule has 0 radical (unpaired) electrons. The van der Waals surface area contributed by atoms with E-state index < -0.39 is 11.6 Å². The molecule has 0 bridgehead atoms. The van der Waals surface area contributed by atoms with Crippen molar-refractivity contribution in [2.24, 2.45) is 5.92 Å². The maximum Gasteiger partial charge on any atom is 0.227 e. The van der Waals surface area contributed by atoms with Gasteiger partial charge < -0.3 is 10.2 Å². The third kappa shape index (κ3) is 3.83. The summed E-state index contributed by atoms with van der Waals surface area (Å²) in [7, 11) is 0. The van der Waals surface area contributed by atoms with Crippen LogP contribution in [0.1, 0.15) is 12.8 Å². The van der Waals surface area contributed by atoms with E-state index >= 15 is 0 Å². The Bertz CT molecular complexity index is 970. The van der Waals surface area contributed by atoms with E-state index in [2.05, 4.69) is 25.2 Å². The maximum absolute atomic E-state index is 13.7. The summed E-state index contributed by atoms with van der Waals surface area (Å²) in [6, 6.07) is 4.87. The van der Waals surface area contributed by atoms with E-state index in [9.17, 15) is 13.6 Å². The fourth-order valence-electron chi connectivity index (χ4n) is 3.24. The Morgan fingerprint density at radius 3 is 2.64 bits per heavy atom. The third-order valence-corrected chi connectivity index (χ3v) is 4.78. The molecule has 0 saturated carbocycles. The van der Waals surface area contributed by atoms with Crippen LogP contribution < -0.4 is 10.2 Å². The second-order valence-electron chi connectivity index (χ2n) is 6.58. The minimum Gasteiger partial charge on any atom is -0.356 e. The first kappa shape index (κ1) is 18.0. The van der Waals surface area contributed by atoms with Crippen LogP contribution >= 0.6 is 0 Å². The predicted molar refractivity (Wildman–Crippen MR) is 99.1 cm³/mol. The second-order valence-corrected chi connectivity index (χ2v) is 6.58. The predicted octanol–water partition coefficient (Wildman–Crippen LogP) is 2.80. The normalized spacial score (nSPS) is 14.9. The Hall–Kier alpha value is -3.36. The van der Waals surface area contributed by atoms with E-state index in [1.165, 1.54) is 6.33 Å². The molecule has 0 aliphatic carbocycles. The minimum atomic E-state index is -0.653. The van der Waals surface area contributed by atoms with Gasteiger partial charge in [0.15, 0.2) is 0 Å². The molecule has 1 aliphatic rings. The molecular weight excluding hydrogens is 366 g/mol. The van der Waals surface area contributed by atoms with Crippen molar-refractivity contribution in [3.05, 3.63) is 60.9 Å². The van der Waals surface area contributed by atoms with Crippen molar-refractivity contribution >= 4 is 17.4 Å². The summed E-state index contributed by atoms with van der Waals surface area (Å²) in [4.78, 5) is 27.1. The SMILES string of the molecule is O=C(Nc1cc(F)ccc1F)C1CCN(c2cc(-n3ccnc3)ncn2)CC1. The number of rotatable bonds is 4. The van der Waals surface area contributed by atoms with Crippen LogP contribution in [0.4, 0.5) is 20.3 Å². The molecule has 0 atom stereocenters. The summed E-state index contributed by atoms with van der Waals surface area (Å²) >= 11 is 0. The summed E-state index contributed by atoms with van der Waals surface area (Å²) in [6.07, 6.45) is 7.81. The first-order valence-corrected chi connectivity index (χ1v) is 8.91. The van der Waals surface area contributed by atoms with Crippen molar-refractivity contribution in [2.45, 2.75) is 12.8 Å². The standard InChI is InChI=1S/C19H18F2N6O/c20-14-1-2-15(21)16(9-14)25-19(28)13-3-6-26(7-4-13)17-10-18(24-11-23-17)27-8-5-22-12-27/h1-2,5,8-13H,3-4,6-7H2,(H,25,28). The molecule has 0 spiro atoms. The molecule has 3 heterocycles. The zero-order valence-electron chi connectivity index (χ0n) is 14.9. The van der Waals surface area contributed by atoms with Gasteiger partial charge in [0.25, 0.3) is 0 Å². The van der Waals surface area contributed by atoms with Crippen molar-refractivity contribution in [1.29, 1.82) is 0 Å². The Labute approximate surface area is 160 Å². The van der Waals surface area contributed by atoms with Gasteiger partial charge >= 0.3 is 0 Å². The lowest BCUT2D eigenvalue weighted by atomic mass is 9.95. The number of carbonyl (C=O) groups is 1.